The van der Waals surface area contributed by atoms with Crippen molar-refractivity contribution in [3.63, 3.8) is 0 Å². The van der Waals surface area contributed by atoms with Gasteiger partial charge in [0.05, 0.1) is 6.10 Å². The second kappa shape index (κ2) is 5.66. The summed E-state index contributed by atoms with van der Waals surface area (Å²) in [6.45, 7) is 7.39. The molecule has 0 saturated heterocycles. The summed E-state index contributed by atoms with van der Waals surface area (Å²) in [6.07, 6.45) is 0.152. The highest BCUT2D eigenvalue weighted by Gasteiger charge is 2.03. The van der Waals surface area contributed by atoms with Crippen molar-refractivity contribution in [3.05, 3.63) is 29.8 Å². The molecule has 0 aliphatic carbocycles. The largest absolute Gasteiger partial charge is 0.491 e. The first-order chi connectivity index (χ1) is 6.74. The van der Waals surface area contributed by atoms with Crippen molar-refractivity contribution in [1.82, 2.24) is 0 Å². The van der Waals surface area contributed by atoms with Crippen molar-refractivity contribution in [2.75, 3.05) is 13.2 Å². The molecular weight excluding hydrogens is 176 g/mol. The summed E-state index contributed by atoms with van der Waals surface area (Å²) < 4.78 is 11.0. The number of aryl methyl sites for hydroxylation is 1. The molecule has 0 bridgehead atoms. The van der Waals surface area contributed by atoms with E-state index in [1.165, 1.54) is 0 Å². The zero-order chi connectivity index (χ0) is 10.4. The lowest BCUT2D eigenvalue weighted by Gasteiger charge is -2.14. The Morgan fingerprint density at radius 2 is 2.00 bits per heavy atom. The first kappa shape index (κ1) is 11.1. The third-order valence-corrected chi connectivity index (χ3v) is 2.02. The minimum atomic E-state index is 0.152. The number of hydrogen-bond acceptors (Lipinski definition) is 2. The molecule has 78 valence electrons. The Kier molecular flexibility index (Phi) is 4.47. The lowest BCUT2D eigenvalue weighted by molar-refractivity contribution is 0.0400. The van der Waals surface area contributed by atoms with Crippen LogP contribution in [0.15, 0.2) is 24.3 Å². The van der Waals surface area contributed by atoms with Crippen LogP contribution in [0.1, 0.15) is 19.4 Å². The van der Waals surface area contributed by atoms with Crippen molar-refractivity contribution >= 4 is 0 Å². The Morgan fingerprint density at radius 3 is 2.64 bits per heavy atom. The van der Waals surface area contributed by atoms with Crippen molar-refractivity contribution in [3.8, 4) is 5.75 Å². The fraction of sp³-hybridized carbons (Fsp3) is 0.500. The number of hydrogen-bond donors (Lipinski definition) is 0. The summed E-state index contributed by atoms with van der Waals surface area (Å²) in [5.41, 5.74) is 1.16. The summed E-state index contributed by atoms with van der Waals surface area (Å²) in [4.78, 5) is 0. The highest BCUT2D eigenvalue weighted by Crippen LogP contribution is 2.16. The molecule has 2 heteroatoms. The van der Waals surface area contributed by atoms with E-state index in [2.05, 4.69) is 0 Å². The van der Waals surface area contributed by atoms with Gasteiger partial charge in [-0.05, 0) is 32.4 Å². The number of para-hydroxylation sites is 1. The van der Waals surface area contributed by atoms with Crippen LogP contribution in [-0.2, 0) is 4.74 Å². The molecule has 0 amide bonds. The average Bonchev–Trinajstić information content (AvgIpc) is 2.17. The van der Waals surface area contributed by atoms with Crippen molar-refractivity contribution in [2.45, 2.75) is 26.9 Å². The van der Waals surface area contributed by atoms with Crippen LogP contribution in [0.2, 0.25) is 0 Å². The van der Waals surface area contributed by atoms with Gasteiger partial charge < -0.3 is 9.47 Å². The van der Waals surface area contributed by atoms with Gasteiger partial charge in [0, 0.05) is 6.61 Å². The SMILES string of the molecule is CCOC(C)COc1ccccc1C. The van der Waals surface area contributed by atoms with Gasteiger partial charge in [-0.25, -0.2) is 0 Å². The predicted octanol–water partition coefficient (Wildman–Crippen LogP) is 2.80. The Bertz CT molecular complexity index is 271. The minimum absolute atomic E-state index is 0.152. The summed E-state index contributed by atoms with van der Waals surface area (Å²) in [6, 6.07) is 8.01. The van der Waals surface area contributed by atoms with Gasteiger partial charge in [0.1, 0.15) is 12.4 Å². The van der Waals surface area contributed by atoms with Gasteiger partial charge in [0.15, 0.2) is 0 Å². The van der Waals surface area contributed by atoms with Crippen LogP contribution in [0.5, 0.6) is 5.75 Å². The number of rotatable bonds is 5. The monoisotopic (exact) mass is 194 g/mol. The van der Waals surface area contributed by atoms with Crippen LogP contribution in [0.4, 0.5) is 0 Å². The average molecular weight is 194 g/mol. The molecule has 1 atom stereocenters. The van der Waals surface area contributed by atoms with E-state index in [4.69, 9.17) is 9.47 Å². The molecule has 0 saturated carbocycles. The third kappa shape index (κ3) is 3.38. The number of ether oxygens (including phenoxy) is 2. The molecule has 0 N–H and O–H groups in total. The Labute approximate surface area is 85.8 Å². The van der Waals surface area contributed by atoms with Crippen molar-refractivity contribution < 1.29 is 9.47 Å². The van der Waals surface area contributed by atoms with Crippen LogP contribution in [-0.4, -0.2) is 19.3 Å². The molecule has 1 unspecified atom stereocenters. The van der Waals surface area contributed by atoms with E-state index in [0.29, 0.717) is 6.61 Å². The summed E-state index contributed by atoms with van der Waals surface area (Å²) in [5.74, 6) is 0.944. The summed E-state index contributed by atoms with van der Waals surface area (Å²) >= 11 is 0. The summed E-state index contributed by atoms with van der Waals surface area (Å²) in [5, 5.41) is 0. The van der Waals surface area contributed by atoms with E-state index in [0.717, 1.165) is 17.9 Å². The van der Waals surface area contributed by atoms with Gasteiger partial charge in [-0.15, -0.1) is 0 Å². The van der Waals surface area contributed by atoms with E-state index in [1.807, 2.05) is 45.0 Å². The molecule has 1 aromatic rings. The predicted molar refractivity (Wildman–Crippen MR) is 57.8 cm³/mol. The molecule has 0 fully saturated rings. The van der Waals surface area contributed by atoms with E-state index >= 15 is 0 Å². The van der Waals surface area contributed by atoms with E-state index < -0.39 is 0 Å². The molecule has 1 aromatic carbocycles. The highest BCUT2D eigenvalue weighted by molar-refractivity contribution is 5.31. The quantitative estimate of drug-likeness (QED) is 0.717. The Morgan fingerprint density at radius 1 is 1.29 bits per heavy atom. The molecule has 14 heavy (non-hydrogen) atoms. The van der Waals surface area contributed by atoms with Gasteiger partial charge in [0.25, 0.3) is 0 Å². The lowest BCUT2D eigenvalue weighted by atomic mass is 10.2. The van der Waals surface area contributed by atoms with Crippen LogP contribution in [0.25, 0.3) is 0 Å². The molecule has 0 aliphatic heterocycles. The lowest BCUT2D eigenvalue weighted by Crippen LogP contribution is -2.18. The zero-order valence-corrected chi connectivity index (χ0v) is 9.12. The third-order valence-electron chi connectivity index (χ3n) is 2.02. The van der Waals surface area contributed by atoms with Gasteiger partial charge >= 0.3 is 0 Å². The second-order valence-corrected chi connectivity index (χ2v) is 3.34. The Balaban J connectivity index is 2.41. The van der Waals surface area contributed by atoms with Gasteiger partial charge in [0.2, 0.25) is 0 Å². The van der Waals surface area contributed by atoms with Crippen molar-refractivity contribution in [2.24, 2.45) is 0 Å². The minimum Gasteiger partial charge on any atom is -0.491 e. The maximum atomic E-state index is 5.63. The zero-order valence-electron chi connectivity index (χ0n) is 9.12. The fourth-order valence-electron chi connectivity index (χ4n) is 1.26. The molecule has 0 aliphatic rings. The molecule has 0 heterocycles. The van der Waals surface area contributed by atoms with Crippen LogP contribution in [0.3, 0.4) is 0 Å². The van der Waals surface area contributed by atoms with Gasteiger partial charge in [-0.2, -0.15) is 0 Å². The van der Waals surface area contributed by atoms with E-state index in [-0.39, 0.29) is 6.10 Å². The second-order valence-electron chi connectivity index (χ2n) is 3.34. The van der Waals surface area contributed by atoms with Gasteiger partial charge in [-0.3, -0.25) is 0 Å². The first-order valence-corrected chi connectivity index (χ1v) is 5.04. The van der Waals surface area contributed by atoms with E-state index in [1.54, 1.807) is 0 Å². The molecule has 1 rings (SSSR count). The molecular formula is C12H18O2. The van der Waals surface area contributed by atoms with Crippen LogP contribution < -0.4 is 4.74 Å². The topological polar surface area (TPSA) is 18.5 Å². The summed E-state index contributed by atoms with van der Waals surface area (Å²) in [7, 11) is 0. The van der Waals surface area contributed by atoms with Crippen LogP contribution >= 0.6 is 0 Å². The fourth-order valence-corrected chi connectivity index (χ4v) is 1.26. The van der Waals surface area contributed by atoms with Crippen LogP contribution in [0, 0.1) is 6.92 Å². The molecule has 0 aromatic heterocycles. The normalized spacial score (nSPS) is 12.5. The maximum absolute atomic E-state index is 5.63. The van der Waals surface area contributed by atoms with Crippen molar-refractivity contribution in [1.29, 1.82) is 0 Å². The molecule has 0 spiro atoms. The maximum Gasteiger partial charge on any atom is 0.122 e. The smallest absolute Gasteiger partial charge is 0.122 e. The van der Waals surface area contributed by atoms with E-state index in [9.17, 15) is 0 Å². The Hall–Kier alpha value is -1.02. The highest BCUT2D eigenvalue weighted by atomic mass is 16.5. The molecule has 2 nitrogen and oxygen atoms in total. The standard InChI is InChI=1S/C12H18O2/c1-4-13-11(3)9-14-12-8-6-5-7-10(12)2/h5-8,11H,4,9H2,1-3H3. The first-order valence-electron chi connectivity index (χ1n) is 5.04. The number of benzene rings is 1. The molecule has 0 radical (unpaired) electrons. The van der Waals surface area contributed by atoms with Gasteiger partial charge in [-0.1, -0.05) is 18.2 Å².